The van der Waals surface area contributed by atoms with Gasteiger partial charge in [-0.2, -0.15) is 0 Å². The number of aliphatic hydroxyl groups excluding tert-OH is 1. The SMILES string of the molecule is CCNCC(O)c1cc(Cl)c(C)cc1OC. The molecule has 1 atom stereocenters. The van der Waals surface area contributed by atoms with Gasteiger partial charge in [-0.25, -0.2) is 0 Å². The van der Waals surface area contributed by atoms with Crippen LogP contribution in [0.1, 0.15) is 24.2 Å². The minimum absolute atomic E-state index is 0.492. The Morgan fingerprint density at radius 3 is 2.75 bits per heavy atom. The van der Waals surface area contributed by atoms with Crippen LogP contribution < -0.4 is 10.1 Å². The summed E-state index contributed by atoms with van der Waals surface area (Å²) in [5.41, 5.74) is 1.66. The molecule has 3 nitrogen and oxygen atoms in total. The maximum absolute atomic E-state index is 9.98. The Morgan fingerprint density at radius 2 is 2.19 bits per heavy atom. The molecule has 0 saturated heterocycles. The van der Waals surface area contributed by atoms with Crippen molar-refractivity contribution in [3.05, 3.63) is 28.3 Å². The number of methoxy groups -OCH3 is 1. The standard InChI is InChI=1S/C12H18ClNO2/c1-4-14-7-11(15)9-6-10(13)8(2)5-12(9)16-3/h5-6,11,14-15H,4,7H2,1-3H3. The van der Waals surface area contributed by atoms with Crippen molar-refractivity contribution in [2.75, 3.05) is 20.2 Å². The molecule has 0 bridgehead atoms. The van der Waals surface area contributed by atoms with Gasteiger partial charge in [0, 0.05) is 17.1 Å². The lowest BCUT2D eigenvalue weighted by molar-refractivity contribution is 0.171. The first-order valence-corrected chi connectivity index (χ1v) is 5.70. The van der Waals surface area contributed by atoms with E-state index in [9.17, 15) is 5.11 Å². The molecule has 0 aromatic heterocycles. The highest BCUT2D eigenvalue weighted by molar-refractivity contribution is 6.31. The van der Waals surface area contributed by atoms with E-state index in [2.05, 4.69) is 5.32 Å². The van der Waals surface area contributed by atoms with Gasteiger partial charge in [0.2, 0.25) is 0 Å². The first-order chi connectivity index (χ1) is 7.60. The second-order valence-electron chi connectivity index (χ2n) is 3.67. The summed E-state index contributed by atoms with van der Waals surface area (Å²) in [5.74, 6) is 0.673. The lowest BCUT2D eigenvalue weighted by atomic mass is 10.1. The Kier molecular flexibility index (Phi) is 5.06. The molecule has 0 aliphatic rings. The normalized spacial score (nSPS) is 12.6. The summed E-state index contributed by atoms with van der Waals surface area (Å²) < 4.78 is 5.24. The number of hydrogen-bond acceptors (Lipinski definition) is 3. The summed E-state index contributed by atoms with van der Waals surface area (Å²) in [6.45, 7) is 5.21. The van der Waals surface area contributed by atoms with Crippen LogP contribution in [0.5, 0.6) is 5.75 Å². The molecule has 0 heterocycles. The van der Waals surface area contributed by atoms with E-state index in [1.807, 2.05) is 19.9 Å². The summed E-state index contributed by atoms with van der Waals surface area (Å²) in [6.07, 6.45) is -0.604. The van der Waals surface area contributed by atoms with E-state index in [0.717, 1.165) is 17.7 Å². The number of nitrogens with one attached hydrogen (secondary N) is 1. The van der Waals surface area contributed by atoms with Crippen LogP contribution in [-0.4, -0.2) is 25.3 Å². The molecule has 0 spiro atoms. The Balaban J connectivity index is 2.96. The number of ether oxygens (including phenoxy) is 1. The van der Waals surface area contributed by atoms with Gasteiger partial charge in [-0.3, -0.25) is 0 Å². The predicted molar refractivity (Wildman–Crippen MR) is 66.2 cm³/mol. The van der Waals surface area contributed by atoms with Gasteiger partial charge in [0.05, 0.1) is 13.2 Å². The molecule has 0 radical (unpaired) electrons. The third-order valence-corrected chi connectivity index (χ3v) is 2.86. The lowest BCUT2D eigenvalue weighted by Gasteiger charge is -2.16. The molecule has 1 aromatic rings. The van der Waals surface area contributed by atoms with Crippen molar-refractivity contribution in [1.29, 1.82) is 0 Å². The van der Waals surface area contributed by atoms with E-state index in [1.54, 1.807) is 13.2 Å². The molecular formula is C12H18ClNO2. The molecule has 0 saturated carbocycles. The summed E-state index contributed by atoms with van der Waals surface area (Å²) in [7, 11) is 1.59. The number of hydrogen-bond donors (Lipinski definition) is 2. The molecule has 0 aliphatic carbocycles. The number of rotatable bonds is 5. The number of halogens is 1. The van der Waals surface area contributed by atoms with Crippen molar-refractivity contribution in [3.8, 4) is 5.75 Å². The van der Waals surface area contributed by atoms with Gasteiger partial charge in [-0.1, -0.05) is 18.5 Å². The average molecular weight is 244 g/mol. The predicted octanol–water partition coefficient (Wildman–Crippen LogP) is 2.30. The van der Waals surface area contributed by atoms with E-state index >= 15 is 0 Å². The van der Waals surface area contributed by atoms with Crippen LogP contribution in [0.3, 0.4) is 0 Å². The highest BCUT2D eigenvalue weighted by atomic mass is 35.5. The van der Waals surface area contributed by atoms with Gasteiger partial charge >= 0.3 is 0 Å². The zero-order valence-electron chi connectivity index (χ0n) is 9.88. The van der Waals surface area contributed by atoms with Crippen LogP contribution in [0.2, 0.25) is 5.02 Å². The van der Waals surface area contributed by atoms with E-state index in [0.29, 0.717) is 17.3 Å². The van der Waals surface area contributed by atoms with Crippen molar-refractivity contribution in [2.24, 2.45) is 0 Å². The second-order valence-corrected chi connectivity index (χ2v) is 4.07. The Hall–Kier alpha value is -0.770. The zero-order valence-corrected chi connectivity index (χ0v) is 10.6. The minimum Gasteiger partial charge on any atom is -0.496 e. The van der Waals surface area contributed by atoms with Crippen LogP contribution in [0.15, 0.2) is 12.1 Å². The van der Waals surface area contributed by atoms with Crippen molar-refractivity contribution in [1.82, 2.24) is 5.32 Å². The summed E-state index contributed by atoms with van der Waals surface area (Å²) in [5, 5.41) is 13.7. The molecule has 1 aromatic carbocycles. The van der Waals surface area contributed by atoms with E-state index in [-0.39, 0.29) is 0 Å². The number of aliphatic hydroxyl groups is 1. The van der Waals surface area contributed by atoms with Gasteiger partial charge in [0.25, 0.3) is 0 Å². The second kappa shape index (κ2) is 6.09. The third kappa shape index (κ3) is 3.11. The smallest absolute Gasteiger partial charge is 0.125 e. The van der Waals surface area contributed by atoms with Crippen molar-refractivity contribution >= 4 is 11.6 Å². The Morgan fingerprint density at radius 1 is 1.50 bits per heavy atom. The molecule has 0 amide bonds. The summed E-state index contributed by atoms with van der Waals surface area (Å²) in [6, 6.07) is 3.60. The van der Waals surface area contributed by atoms with Crippen LogP contribution in [0.4, 0.5) is 0 Å². The fraction of sp³-hybridized carbons (Fsp3) is 0.500. The molecule has 0 fully saturated rings. The van der Waals surface area contributed by atoms with E-state index < -0.39 is 6.10 Å². The zero-order chi connectivity index (χ0) is 12.1. The number of benzene rings is 1. The number of aryl methyl sites for hydroxylation is 1. The van der Waals surface area contributed by atoms with Crippen molar-refractivity contribution in [3.63, 3.8) is 0 Å². The quantitative estimate of drug-likeness (QED) is 0.834. The van der Waals surface area contributed by atoms with Crippen LogP contribution >= 0.6 is 11.6 Å². The molecule has 1 rings (SSSR count). The van der Waals surface area contributed by atoms with E-state index in [4.69, 9.17) is 16.3 Å². The molecule has 4 heteroatoms. The monoisotopic (exact) mass is 243 g/mol. The maximum Gasteiger partial charge on any atom is 0.125 e. The molecular weight excluding hydrogens is 226 g/mol. The third-order valence-electron chi connectivity index (χ3n) is 2.46. The van der Waals surface area contributed by atoms with Crippen LogP contribution in [0.25, 0.3) is 0 Å². The molecule has 2 N–H and O–H groups in total. The fourth-order valence-electron chi connectivity index (χ4n) is 1.50. The molecule has 90 valence electrons. The van der Waals surface area contributed by atoms with Gasteiger partial charge in [0.1, 0.15) is 5.75 Å². The van der Waals surface area contributed by atoms with Crippen LogP contribution in [-0.2, 0) is 0 Å². The molecule has 1 unspecified atom stereocenters. The highest BCUT2D eigenvalue weighted by Gasteiger charge is 2.14. The van der Waals surface area contributed by atoms with Gasteiger partial charge in [0.15, 0.2) is 0 Å². The Bertz CT molecular complexity index is 355. The fourth-order valence-corrected chi connectivity index (χ4v) is 1.67. The first kappa shape index (κ1) is 13.3. The molecule has 0 aliphatic heterocycles. The average Bonchev–Trinajstić information content (AvgIpc) is 2.28. The molecule has 16 heavy (non-hydrogen) atoms. The van der Waals surface area contributed by atoms with E-state index in [1.165, 1.54) is 0 Å². The summed E-state index contributed by atoms with van der Waals surface area (Å²) >= 11 is 6.03. The van der Waals surface area contributed by atoms with Gasteiger partial charge in [-0.15, -0.1) is 0 Å². The highest BCUT2D eigenvalue weighted by Crippen LogP contribution is 2.30. The van der Waals surface area contributed by atoms with Crippen molar-refractivity contribution < 1.29 is 9.84 Å². The lowest BCUT2D eigenvalue weighted by Crippen LogP contribution is -2.21. The topological polar surface area (TPSA) is 41.5 Å². The van der Waals surface area contributed by atoms with Gasteiger partial charge < -0.3 is 15.2 Å². The van der Waals surface area contributed by atoms with Crippen LogP contribution in [0, 0.1) is 6.92 Å². The number of likely N-dealkylation sites (N-methyl/N-ethyl adjacent to an activating group) is 1. The maximum atomic E-state index is 9.98. The largest absolute Gasteiger partial charge is 0.496 e. The summed E-state index contributed by atoms with van der Waals surface area (Å²) in [4.78, 5) is 0. The minimum atomic E-state index is -0.604. The van der Waals surface area contributed by atoms with Gasteiger partial charge in [-0.05, 0) is 31.2 Å². The first-order valence-electron chi connectivity index (χ1n) is 5.33. The Labute approximate surface area is 101 Å². The van der Waals surface area contributed by atoms with Crippen molar-refractivity contribution in [2.45, 2.75) is 20.0 Å².